The van der Waals surface area contributed by atoms with Crippen LogP contribution in [-0.2, 0) is 6.61 Å². The van der Waals surface area contributed by atoms with Crippen molar-refractivity contribution in [2.24, 2.45) is 17.6 Å². The summed E-state index contributed by atoms with van der Waals surface area (Å²) in [6, 6.07) is 5.52. The van der Waals surface area contributed by atoms with Gasteiger partial charge in [0.1, 0.15) is 5.69 Å². The van der Waals surface area contributed by atoms with Gasteiger partial charge in [0, 0.05) is 24.7 Å². The molecule has 1 aromatic carbocycles. The quantitative estimate of drug-likeness (QED) is 0.767. The molecule has 5 N–H and O–H groups in total. The van der Waals surface area contributed by atoms with Crippen LogP contribution in [0.2, 0.25) is 10.0 Å². The van der Waals surface area contributed by atoms with Gasteiger partial charge in [0.25, 0.3) is 0 Å². The summed E-state index contributed by atoms with van der Waals surface area (Å²) in [5.41, 5.74) is 13.9. The van der Waals surface area contributed by atoms with E-state index in [0.717, 1.165) is 13.1 Å². The molecule has 1 aliphatic heterocycles. The van der Waals surface area contributed by atoms with Gasteiger partial charge in [-0.3, -0.25) is 0 Å². The highest BCUT2D eigenvalue weighted by molar-refractivity contribution is 6.43. The molecule has 2 aromatic rings. The van der Waals surface area contributed by atoms with Crippen molar-refractivity contribution in [1.82, 2.24) is 9.97 Å². The van der Waals surface area contributed by atoms with Crippen LogP contribution in [0.25, 0.3) is 11.4 Å². The average Bonchev–Trinajstić information content (AvgIpc) is 2.98. The zero-order chi connectivity index (χ0) is 17.0. The minimum atomic E-state index is -0.231. The number of hydrogen-bond acceptors (Lipinski definition) is 6. The molecule has 6 nitrogen and oxygen atoms in total. The minimum Gasteiger partial charge on any atom is -0.390 e. The lowest BCUT2D eigenvalue weighted by molar-refractivity contribution is 0.277. The van der Waals surface area contributed by atoms with Crippen LogP contribution in [0.1, 0.15) is 5.69 Å². The maximum Gasteiger partial charge on any atom is 0.163 e. The van der Waals surface area contributed by atoms with Crippen LogP contribution < -0.4 is 16.4 Å². The van der Waals surface area contributed by atoms with Crippen molar-refractivity contribution < 1.29 is 5.11 Å². The van der Waals surface area contributed by atoms with E-state index in [1.54, 1.807) is 18.2 Å². The van der Waals surface area contributed by atoms with Crippen molar-refractivity contribution in [2.75, 3.05) is 23.7 Å². The van der Waals surface area contributed by atoms with Crippen molar-refractivity contribution in [1.29, 1.82) is 0 Å². The third-order valence-electron chi connectivity index (χ3n) is 4.90. The summed E-state index contributed by atoms with van der Waals surface area (Å²) in [5.74, 6) is 1.68. The van der Waals surface area contributed by atoms with E-state index in [4.69, 9.17) is 34.7 Å². The van der Waals surface area contributed by atoms with E-state index in [9.17, 15) is 5.11 Å². The number of nitrogen functional groups attached to an aromatic ring is 1. The maximum absolute atomic E-state index is 9.77. The summed E-state index contributed by atoms with van der Waals surface area (Å²) in [6.45, 7) is 1.42. The van der Waals surface area contributed by atoms with Crippen LogP contribution in [0.15, 0.2) is 18.2 Å². The second-order valence-electron chi connectivity index (χ2n) is 6.30. The predicted molar refractivity (Wildman–Crippen MR) is 95.0 cm³/mol. The molecular formula is C16H17Cl2N5O. The molecule has 1 saturated carbocycles. The Bertz CT molecular complexity index is 803. The van der Waals surface area contributed by atoms with E-state index in [-0.39, 0.29) is 12.6 Å². The van der Waals surface area contributed by atoms with Crippen molar-refractivity contribution in [3.05, 3.63) is 33.9 Å². The maximum atomic E-state index is 9.77. The second kappa shape index (κ2) is 5.74. The normalized spacial score (nSPS) is 25.0. The number of aromatic nitrogens is 2. The van der Waals surface area contributed by atoms with E-state index in [2.05, 4.69) is 14.9 Å². The Labute approximate surface area is 149 Å². The van der Waals surface area contributed by atoms with E-state index in [1.165, 1.54) is 0 Å². The number of hydrogen-bond donors (Lipinski definition) is 3. The molecule has 1 saturated heterocycles. The SMILES string of the molecule is Nc1nc(-c2cccc(Cl)c2Cl)nc(CO)c1N1CC2C(N)C2C1. The van der Waals surface area contributed by atoms with Crippen LogP contribution in [-0.4, -0.2) is 34.2 Å². The highest BCUT2D eigenvalue weighted by atomic mass is 35.5. The number of nitrogens with zero attached hydrogens (tertiary/aromatic N) is 3. The molecule has 2 heterocycles. The van der Waals surface area contributed by atoms with Gasteiger partial charge in [-0.25, -0.2) is 9.97 Å². The third-order valence-corrected chi connectivity index (χ3v) is 5.72. The number of nitrogens with two attached hydrogens (primary N) is 2. The fourth-order valence-corrected chi connectivity index (χ4v) is 3.91. The van der Waals surface area contributed by atoms with Gasteiger partial charge in [-0.15, -0.1) is 0 Å². The van der Waals surface area contributed by atoms with Gasteiger partial charge in [0.15, 0.2) is 11.6 Å². The molecule has 1 aromatic heterocycles. The van der Waals surface area contributed by atoms with Crippen molar-refractivity contribution in [3.8, 4) is 11.4 Å². The summed E-state index contributed by atoms with van der Waals surface area (Å²) in [7, 11) is 0. The summed E-state index contributed by atoms with van der Waals surface area (Å²) in [4.78, 5) is 11.0. The van der Waals surface area contributed by atoms with Crippen molar-refractivity contribution in [2.45, 2.75) is 12.6 Å². The van der Waals surface area contributed by atoms with Crippen molar-refractivity contribution in [3.63, 3.8) is 0 Å². The second-order valence-corrected chi connectivity index (χ2v) is 7.08. The molecule has 0 radical (unpaired) electrons. The lowest BCUT2D eigenvalue weighted by atomic mass is 10.2. The highest BCUT2D eigenvalue weighted by Crippen LogP contribution is 2.47. The number of anilines is 2. The fourth-order valence-electron chi connectivity index (χ4n) is 3.53. The van der Waals surface area contributed by atoms with Gasteiger partial charge in [-0.05, 0) is 24.0 Å². The standard InChI is InChI=1S/C16H17Cl2N5O/c17-10-3-1-2-7(12(10)18)16-21-11(6-24)14(15(20)22-16)23-4-8-9(5-23)13(8)19/h1-3,8-9,13,24H,4-6,19H2,(H2,20,21,22). The number of halogens is 2. The van der Waals surface area contributed by atoms with Gasteiger partial charge < -0.3 is 21.5 Å². The van der Waals surface area contributed by atoms with Gasteiger partial charge in [0.2, 0.25) is 0 Å². The Morgan fingerprint density at radius 1 is 1.21 bits per heavy atom. The predicted octanol–water partition coefficient (Wildman–Crippen LogP) is 1.92. The first-order valence-electron chi connectivity index (χ1n) is 7.73. The minimum absolute atomic E-state index is 0.231. The van der Waals surface area contributed by atoms with E-state index in [0.29, 0.717) is 50.5 Å². The molecule has 2 fully saturated rings. The largest absolute Gasteiger partial charge is 0.390 e. The molecule has 0 spiro atoms. The Morgan fingerprint density at radius 2 is 1.92 bits per heavy atom. The first-order valence-corrected chi connectivity index (χ1v) is 8.49. The number of benzene rings is 1. The molecule has 2 atom stereocenters. The van der Waals surface area contributed by atoms with E-state index in [1.807, 2.05) is 0 Å². The van der Waals surface area contributed by atoms with Crippen LogP contribution >= 0.6 is 23.2 Å². The highest BCUT2D eigenvalue weighted by Gasteiger charge is 2.54. The summed E-state index contributed by atoms with van der Waals surface area (Å²) in [5, 5.41) is 10.6. The molecule has 126 valence electrons. The molecule has 24 heavy (non-hydrogen) atoms. The Morgan fingerprint density at radius 3 is 2.58 bits per heavy atom. The fraction of sp³-hybridized carbons (Fsp3) is 0.375. The van der Waals surface area contributed by atoms with Crippen molar-refractivity contribution >= 4 is 34.7 Å². The summed E-state index contributed by atoms with van der Waals surface area (Å²) < 4.78 is 0. The van der Waals surface area contributed by atoms with Gasteiger partial charge in [-0.1, -0.05) is 29.3 Å². The topological polar surface area (TPSA) is 101 Å². The lowest BCUT2D eigenvalue weighted by Crippen LogP contribution is -2.30. The number of piperidine rings is 1. The Hall–Kier alpha value is -1.60. The van der Waals surface area contributed by atoms with Crippen LogP contribution in [0.5, 0.6) is 0 Å². The molecule has 0 bridgehead atoms. The monoisotopic (exact) mass is 365 g/mol. The van der Waals surface area contributed by atoms with Crippen LogP contribution in [0, 0.1) is 11.8 Å². The first-order chi connectivity index (χ1) is 11.5. The third kappa shape index (κ3) is 2.41. The zero-order valence-electron chi connectivity index (χ0n) is 12.8. The number of aliphatic hydroxyl groups excluding tert-OH is 1. The Balaban J connectivity index is 1.74. The molecule has 2 aliphatic rings. The molecule has 8 heteroatoms. The molecule has 2 unspecified atom stereocenters. The van der Waals surface area contributed by atoms with Gasteiger partial charge in [0.05, 0.1) is 22.3 Å². The lowest BCUT2D eigenvalue weighted by Gasteiger charge is -2.24. The molecular weight excluding hydrogens is 349 g/mol. The smallest absolute Gasteiger partial charge is 0.163 e. The van der Waals surface area contributed by atoms with Crippen LogP contribution in [0.3, 0.4) is 0 Å². The first kappa shape index (κ1) is 15.9. The average molecular weight is 366 g/mol. The summed E-state index contributed by atoms with van der Waals surface area (Å²) >= 11 is 12.3. The zero-order valence-corrected chi connectivity index (χ0v) is 14.3. The number of rotatable bonds is 3. The molecule has 0 amide bonds. The van der Waals surface area contributed by atoms with Crippen LogP contribution in [0.4, 0.5) is 11.5 Å². The van der Waals surface area contributed by atoms with Gasteiger partial charge in [-0.2, -0.15) is 0 Å². The molecule has 4 rings (SSSR count). The molecule has 1 aliphatic carbocycles. The van der Waals surface area contributed by atoms with E-state index >= 15 is 0 Å². The summed E-state index contributed by atoms with van der Waals surface area (Å²) in [6.07, 6.45) is 0. The van der Waals surface area contributed by atoms with Gasteiger partial charge >= 0.3 is 0 Å². The van der Waals surface area contributed by atoms with E-state index < -0.39 is 0 Å². The number of aliphatic hydroxyl groups is 1. The number of fused-ring (bicyclic) bond motifs is 1. The Kier molecular flexibility index (Phi) is 3.80.